The molecule has 0 spiro atoms. The molecule has 0 aliphatic carbocycles. The van der Waals surface area contributed by atoms with Crippen LogP contribution in [0.5, 0.6) is 0 Å². The number of hydrogen-bond acceptors (Lipinski definition) is 3. The maximum atomic E-state index is 12.4. The molecule has 0 saturated carbocycles. The molecule has 0 bridgehead atoms. The van der Waals surface area contributed by atoms with Gasteiger partial charge in [0.15, 0.2) is 0 Å². The molecule has 2 N–H and O–H groups in total. The minimum atomic E-state index is -3.61. The highest BCUT2D eigenvalue weighted by Gasteiger charge is 2.33. The van der Waals surface area contributed by atoms with Gasteiger partial charge in [-0.25, -0.2) is 0 Å². The molecule has 0 aromatic heterocycles. The largest absolute Gasteiger partial charge is 0.388 e. The number of anilines is 1. The van der Waals surface area contributed by atoms with Crippen molar-refractivity contribution >= 4 is 15.9 Å². The minimum absolute atomic E-state index is 0.281. The average Bonchev–Trinajstić information content (AvgIpc) is 2.26. The van der Waals surface area contributed by atoms with Gasteiger partial charge in [-0.05, 0) is 33.3 Å². The van der Waals surface area contributed by atoms with Gasteiger partial charge in [-0.2, -0.15) is 13.1 Å². The van der Waals surface area contributed by atoms with Gasteiger partial charge in [0.2, 0.25) is 0 Å². The normalized spacial score (nSPS) is 20.2. The van der Waals surface area contributed by atoms with Gasteiger partial charge in [0, 0.05) is 17.6 Å². The molecule has 0 amide bonds. The summed E-state index contributed by atoms with van der Waals surface area (Å²) in [4.78, 5) is 0. The van der Waals surface area contributed by atoms with Gasteiger partial charge in [0.05, 0.1) is 11.8 Å². The highest BCUT2D eigenvalue weighted by atomic mass is 32.2. The number of nitrogens with zero attached hydrogens (tertiary/aromatic N) is 1. The van der Waals surface area contributed by atoms with Crippen LogP contribution in [-0.2, 0) is 10.2 Å². The summed E-state index contributed by atoms with van der Waals surface area (Å²) in [5.41, 5.74) is 0.676. The Labute approximate surface area is 114 Å². The number of rotatable bonds is 2. The van der Waals surface area contributed by atoms with Gasteiger partial charge < -0.3 is 5.11 Å². The zero-order chi connectivity index (χ0) is 14.3. The van der Waals surface area contributed by atoms with Crippen molar-refractivity contribution in [2.45, 2.75) is 38.8 Å². The smallest absolute Gasteiger partial charge is 0.302 e. The Morgan fingerprint density at radius 2 is 1.95 bits per heavy atom. The van der Waals surface area contributed by atoms with Gasteiger partial charge in [0.1, 0.15) is 0 Å². The predicted molar refractivity (Wildman–Crippen MR) is 75.2 cm³/mol. The summed E-state index contributed by atoms with van der Waals surface area (Å²) in [5.74, 6) is 0. The fraction of sp³-hybridized carbons (Fsp3) is 0.538. The lowest BCUT2D eigenvalue weighted by Crippen LogP contribution is -2.50. The molecule has 106 valence electrons. The number of nitrogens with one attached hydrogen (secondary N) is 1. The molecule has 1 aromatic rings. The van der Waals surface area contributed by atoms with E-state index in [4.69, 9.17) is 0 Å². The molecule has 19 heavy (non-hydrogen) atoms. The summed E-state index contributed by atoms with van der Waals surface area (Å²) in [6.07, 6.45) is -0.195. The molecular weight excluding hydrogens is 264 g/mol. The number of benzene rings is 1. The third kappa shape index (κ3) is 3.08. The Bertz CT molecular complexity index is 563. The molecule has 1 unspecified atom stereocenters. The van der Waals surface area contributed by atoms with Crippen LogP contribution in [0.15, 0.2) is 24.3 Å². The van der Waals surface area contributed by atoms with Crippen molar-refractivity contribution < 1.29 is 13.5 Å². The highest BCUT2D eigenvalue weighted by molar-refractivity contribution is 7.90. The summed E-state index contributed by atoms with van der Waals surface area (Å²) in [7, 11) is -3.61. The Morgan fingerprint density at radius 3 is 2.58 bits per heavy atom. The van der Waals surface area contributed by atoms with Crippen molar-refractivity contribution in [2.75, 3.05) is 10.8 Å². The van der Waals surface area contributed by atoms with Crippen LogP contribution in [0.4, 0.5) is 5.69 Å². The van der Waals surface area contributed by atoms with Gasteiger partial charge >= 0.3 is 10.2 Å². The second-order valence-electron chi connectivity index (χ2n) is 5.79. The molecule has 5 nitrogen and oxygen atoms in total. The van der Waals surface area contributed by atoms with E-state index < -0.39 is 21.9 Å². The Hall–Kier alpha value is -1.11. The minimum Gasteiger partial charge on any atom is -0.388 e. The molecule has 1 heterocycles. The standard InChI is InChI=1S/C13H20N2O3S/c1-13(2,3)14-19(17,18)15-9-8-12(16)10-6-4-5-7-11(10)15/h4-7,12,14,16H,8-9H2,1-3H3. The molecule has 2 rings (SSSR count). The molecule has 0 fully saturated rings. The number of aliphatic hydroxyl groups is 1. The Morgan fingerprint density at radius 1 is 1.32 bits per heavy atom. The third-order valence-electron chi connectivity index (χ3n) is 2.90. The number of hydrogen-bond donors (Lipinski definition) is 2. The zero-order valence-corrected chi connectivity index (χ0v) is 12.2. The van der Waals surface area contributed by atoms with Crippen LogP contribution in [0.1, 0.15) is 38.9 Å². The monoisotopic (exact) mass is 284 g/mol. The van der Waals surface area contributed by atoms with Gasteiger partial charge in [-0.1, -0.05) is 18.2 Å². The van der Waals surface area contributed by atoms with Crippen LogP contribution in [0.25, 0.3) is 0 Å². The van der Waals surface area contributed by atoms with E-state index in [0.717, 1.165) is 0 Å². The van der Waals surface area contributed by atoms with Crippen LogP contribution in [0.2, 0.25) is 0 Å². The number of fused-ring (bicyclic) bond motifs is 1. The van der Waals surface area contributed by atoms with Crippen molar-refractivity contribution in [1.82, 2.24) is 4.72 Å². The average molecular weight is 284 g/mol. The highest BCUT2D eigenvalue weighted by Crippen LogP contribution is 2.34. The fourth-order valence-electron chi connectivity index (χ4n) is 2.20. The van der Waals surface area contributed by atoms with Gasteiger partial charge in [0.25, 0.3) is 0 Å². The van der Waals surface area contributed by atoms with E-state index in [1.165, 1.54) is 4.31 Å². The second kappa shape index (κ2) is 4.77. The Kier molecular flexibility index (Phi) is 3.59. The first-order valence-electron chi connectivity index (χ1n) is 6.29. The van der Waals surface area contributed by atoms with Crippen LogP contribution in [0, 0.1) is 0 Å². The van der Waals surface area contributed by atoms with Crippen LogP contribution < -0.4 is 9.03 Å². The topological polar surface area (TPSA) is 69.6 Å². The first-order chi connectivity index (χ1) is 8.71. The first-order valence-corrected chi connectivity index (χ1v) is 7.73. The van der Waals surface area contributed by atoms with E-state index in [-0.39, 0.29) is 6.54 Å². The van der Waals surface area contributed by atoms with Crippen LogP contribution >= 0.6 is 0 Å². The molecule has 0 radical (unpaired) electrons. The van der Waals surface area contributed by atoms with E-state index in [2.05, 4.69) is 4.72 Å². The van der Waals surface area contributed by atoms with Crippen molar-refractivity contribution in [2.24, 2.45) is 0 Å². The zero-order valence-electron chi connectivity index (χ0n) is 11.4. The lowest BCUT2D eigenvalue weighted by molar-refractivity contribution is 0.166. The van der Waals surface area contributed by atoms with Crippen molar-refractivity contribution in [3.8, 4) is 0 Å². The molecule has 6 heteroatoms. The summed E-state index contributed by atoms with van der Waals surface area (Å²) in [5, 5.41) is 9.94. The molecule has 0 saturated heterocycles. The second-order valence-corrected chi connectivity index (χ2v) is 7.39. The SMILES string of the molecule is CC(C)(C)NS(=O)(=O)N1CCC(O)c2ccccc21. The molecule has 1 aliphatic heterocycles. The summed E-state index contributed by atoms with van der Waals surface area (Å²) >= 11 is 0. The van der Waals surface area contributed by atoms with E-state index in [9.17, 15) is 13.5 Å². The third-order valence-corrected chi connectivity index (χ3v) is 4.73. The summed E-state index contributed by atoms with van der Waals surface area (Å²) < 4.78 is 28.8. The van der Waals surface area contributed by atoms with Crippen molar-refractivity contribution in [3.63, 3.8) is 0 Å². The number of para-hydroxylation sites is 1. The molecule has 1 aliphatic rings. The number of aliphatic hydroxyl groups excluding tert-OH is 1. The van der Waals surface area contributed by atoms with Gasteiger partial charge in [-0.15, -0.1) is 0 Å². The quantitative estimate of drug-likeness (QED) is 0.866. The lowest BCUT2D eigenvalue weighted by Gasteiger charge is -2.35. The van der Waals surface area contributed by atoms with E-state index in [0.29, 0.717) is 17.7 Å². The van der Waals surface area contributed by atoms with Crippen molar-refractivity contribution in [1.29, 1.82) is 0 Å². The summed E-state index contributed by atoms with van der Waals surface area (Å²) in [6.45, 7) is 5.68. The van der Waals surface area contributed by atoms with Crippen molar-refractivity contribution in [3.05, 3.63) is 29.8 Å². The maximum Gasteiger partial charge on any atom is 0.302 e. The molecule has 1 aromatic carbocycles. The fourth-order valence-corrected chi connectivity index (χ4v) is 3.86. The predicted octanol–water partition coefficient (Wildman–Crippen LogP) is 1.56. The van der Waals surface area contributed by atoms with Crippen LogP contribution in [0.3, 0.4) is 0 Å². The summed E-state index contributed by atoms with van der Waals surface area (Å²) in [6, 6.07) is 7.06. The first kappa shape index (κ1) is 14.3. The van der Waals surface area contributed by atoms with Crippen LogP contribution in [-0.4, -0.2) is 25.6 Å². The molecular formula is C13H20N2O3S. The van der Waals surface area contributed by atoms with E-state index >= 15 is 0 Å². The molecule has 1 atom stereocenters. The van der Waals surface area contributed by atoms with Gasteiger partial charge in [-0.3, -0.25) is 4.31 Å². The Balaban J connectivity index is 2.40. The maximum absolute atomic E-state index is 12.4. The van der Waals surface area contributed by atoms with E-state index in [1.54, 1.807) is 45.0 Å². The lowest BCUT2D eigenvalue weighted by atomic mass is 10.0. The van der Waals surface area contributed by atoms with E-state index in [1.807, 2.05) is 0 Å².